The summed E-state index contributed by atoms with van der Waals surface area (Å²) in [5.74, 6) is 0.126. The number of rotatable bonds is 8. The first-order valence-corrected chi connectivity index (χ1v) is 8.82. The normalized spacial score (nSPS) is 12.0. The largest absolute Gasteiger partial charge is 0.433 e. The second kappa shape index (κ2) is 7.85. The molecule has 0 aromatic carbocycles. The molecule has 0 aliphatic carbocycles. The number of hydrazone groups is 1. The van der Waals surface area contributed by atoms with Gasteiger partial charge in [0.1, 0.15) is 15.6 Å². The summed E-state index contributed by atoms with van der Waals surface area (Å²) in [4.78, 5) is 13.9. The molecule has 0 aliphatic rings. The van der Waals surface area contributed by atoms with E-state index in [0.717, 1.165) is 0 Å². The number of sulfonamides is 1. The summed E-state index contributed by atoms with van der Waals surface area (Å²) in [6.45, 7) is 4.27. The average Bonchev–Trinajstić information content (AvgIpc) is 3.05. The third-order valence-corrected chi connectivity index (χ3v) is 5.28. The van der Waals surface area contributed by atoms with Gasteiger partial charge in [0, 0.05) is 19.3 Å². The lowest BCUT2D eigenvalue weighted by atomic mass is 10.5. The molecule has 0 aliphatic heterocycles. The number of nitrogens with zero attached hydrogens (tertiary/aromatic N) is 4. The first-order valence-electron chi connectivity index (χ1n) is 7.38. The topological polar surface area (TPSA) is 131 Å². The van der Waals surface area contributed by atoms with Crippen LogP contribution in [-0.2, 0) is 10.0 Å². The lowest BCUT2D eigenvalue weighted by Crippen LogP contribution is -2.30. The van der Waals surface area contributed by atoms with Gasteiger partial charge in [0.05, 0.1) is 12.3 Å². The van der Waals surface area contributed by atoms with Crippen molar-refractivity contribution in [1.82, 2.24) is 9.29 Å². The minimum Gasteiger partial charge on any atom is -0.400 e. The van der Waals surface area contributed by atoms with Crippen LogP contribution in [0.15, 0.2) is 44.9 Å². The summed E-state index contributed by atoms with van der Waals surface area (Å²) in [6, 6.07) is 5.51. The molecule has 0 unspecified atom stereocenters. The Hall–Kier alpha value is -2.79. The number of nitro groups is 1. The molecular formula is C14H17N5O5S. The van der Waals surface area contributed by atoms with Crippen molar-refractivity contribution in [2.24, 2.45) is 5.10 Å². The van der Waals surface area contributed by atoms with Gasteiger partial charge in [-0.25, -0.2) is 13.4 Å². The second-order valence-electron chi connectivity index (χ2n) is 4.77. The fourth-order valence-electron chi connectivity index (χ4n) is 1.98. The molecule has 0 radical (unpaired) electrons. The van der Waals surface area contributed by atoms with Crippen molar-refractivity contribution in [2.45, 2.75) is 18.7 Å². The molecule has 2 rings (SSSR count). The number of hydrogen-bond donors (Lipinski definition) is 1. The minimum atomic E-state index is -3.56. The van der Waals surface area contributed by atoms with E-state index in [0.29, 0.717) is 18.9 Å². The van der Waals surface area contributed by atoms with Gasteiger partial charge in [0.2, 0.25) is 10.0 Å². The Balaban J connectivity index is 2.05. The molecule has 0 spiro atoms. The monoisotopic (exact) mass is 367 g/mol. The summed E-state index contributed by atoms with van der Waals surface area (Å²) >= 11 is 0. The minimum absolute atomic E-state index is 0.0902. The molecule has 10 nitrogen and oxygen atoms in total. The quantitative estimate of drug-likeness (QED) is 0.429. The van der Waals surface area contributed by atoms with Crippen LogP contribution in [-0.4, -0.2) is 41.9 Å². The van der Waals surface area contributed by atoms with Crippen LogP contribution in [0.2, 0.25) is 0 Å². The molecule has 0 saturated heterocycles. The van der Waals surface area contributed by atoms with E-state index in [1.165, 1.54) is 41.0 Å². The zero-order valence-corrected chi connectivity index (χ0v) is 14.4. The van der Waals surface area contributed by atoms with Crippen molar-refractivity contribution in [1.29, 1.82) is 0 Å². The van der Waals surface area contributed by atoms with Gasteiger partial charge in [0.15, 0.2) is 5.76 Å². The zero-order chi connectivity index (χ0) is 18.4. The fourth-order valence-corrected chi connectivity index (χ4v) is 3.39. The van der Waals surface area contributed by atoms with E-state index < -0.39 is 14.9 Å². The van der Waals surface area contributed by atoms with E-state index in [9.17, 15) is 18.5 Å². The summed E-state index contributed by atoms with van der Waals surface area (Å²) in [5, 5.41) is 14.3. The third-order valence-electron chi connectivity index (χ3n) is 3.24. The SMILES string of the molecule is CCN(CC)S(=O)(=O)c1ccc(N/N=C\c2ccc([N+](=O)[O-])o2)nc1. The zero-order valence-electron chi connectivity index (χ0n) is 13.6. The maximum absolute atomic E-state index is 12.3. The smallest absolute Gasteiger partial charge is 0.400 e. The summed E-state index contributed by atoms with van der Waals surface area (Å²) < 4.78 is 30.9. The van der Waals surface area contributed by atoms with Gasteiger partial charge in [-0.1, -0.05) is 13.8 Å². The van der Waals surface area contributed by atoms with Crippen LogP contribution < -0.4 is 5.43 Å². The van der Waals surface area contributed by atoms with E-state index >= 15 is 0 Å². The van der Waals surface area contributed by atoms with Gasteiger partial charge in [-0.2, -0.15) is 9.41 Å². The fraction of sp³-hybridized carbons (Fsp3) is 0.286. The first-order chi connectivity index (χ1) is 11.9. The lowest BCUT2D eigenvalue weighted by Gasteiger charge is -2.18. The maximum Gasteiger partial charge on any atom is 0.433 e. The molecule has 0 atom stereocenters. The van der Waals surface area contributed by atoms with Gasteiger partial charge < -0.3 is 4.42 Å². The number of anilines is 1. The summed E-state index contributed by atoms with van der Waals surface area (Å²) in [5.41, 5.74) is 2.59. The van der Waals surface area contributed by atoms with Crippen LogP contribution in [0.4, 0.5) is 11.7 Å². The standard InChI is InChI=1S/C14H17N5O5S/c1-3-18(4-2)25(22,23)12-6-7-13(15-10-12)17-16-9-11-5-8-14(24-11)19(20)21/h5-10H,3-4H2,1-2H3,(H,15,17)/b16-9-. The highest BCUT2D eigenvalue weighted by molar-refractivity contribution is 7.89. The number of pyridine rings is 1. The Morgan fingerprint density at radius 1 is 1.32 bits per heavy atom. The van der Waals surface area contributed by atoms with Crippen molar-refractivity contribution < 1.29 is 17.8 Å². The van der Waals surface area contributed by atoms with Gasteiger partial charge >= 0.3 is 5.88 Å². The molecule has 2 aromatic rings. The van der Waals surface area contributed by atoms with Crippen LogP contribution in [0.3, 0.4) is 0 Å². The highest BCUT2D eigenvalue weighted by Gasteiger charge is 2.21. The highest BCUT2D eigenvalue weighted by Crippen LogP contribution is 2.16. The predicted molar refractivity (Wildman–Crippen MR) is 90.9 cm³/mol. The number of nitrogens with one attached hydrogen (secondary N) is 1. The maximum atomic E-state index is 12.3. The third kappa shape index (κ3) is 4.39. The van der Waals surface area contributed by atoms with Crippen molar-refractivity contribution in [3.8, 4) is 0 Å². The number of furan rings is 1. The Morgan fingerprint density at radius 2 is 2.04 bits per heavy atom. The molecule has 0 bridgehead atoms. The number of hydrogen-bond acceptors (Lipinski definition) is 8. The highest BCUT2D eigenvalue weighted by atomic mass is 32.2. The lowest BCUT2D eigenvalue weighted by molar-refractivity contribution is -0.402. The molecule has 0 amide bonds. The number of aromatic nitrogens is 1. The Labute approximate surface area is 144 Å². The Bertz CT molecular complexity index is 856. The first kappa shape index (κ1) is 18.5. The van der Waals surface area contributed by atoms with Crippen LogP contribution >= 0.6 is 0 Å². The predicted octanol–water partition coefficient (Wildman–Crippen LogP) is 2.06. The van der Waals surface area contributed by atoms with Crippen LogP contribution in [0.5, 0.6) is 0 Å². The molecule has 25 heavy (non-hydrogen) atoms. The molecule has 2 heterocycles. The van der Waals surface area contributed by atoms with Gasteiger partial charge in [0.25, 0.3) is 0 Å². The Kier molecular flexibility index (Phi) is 5.83. The van der Waals surface area contributed by atoms with Crippen LogP contribution in [0.1, 0.15) is 19.6 Å². The summed E-state index contributed by atoms with van der Waals surface area (Å²) in [7, 11) is -3.56. The van der Waals surface area contributed by atoms with Gasteiger partial charge in [-0.15, -0.1) is 0 Å². The molecule has 134 valence electrons. The Morgan fingerprint density at radius 3 is 2.56 bits per heavy atom. The van der Waals surface area contributed by atoms with Crippen LogP contribution in [0, 0.1) is 10.1 Å². The molecule has 1 N–H and O–H groups in total. The molecule has 0 saturated carbocycles. The van der Waals surface area contributed by atoms with Crippen LogP contribution in [0.25, 0.3) is 0 Å². The van der Waals surface area contributed by atoms with Gasteiger partial charge in [-0.05, 0) is 18.2 Å². The van der Waals surface area contributed by atoms with Crippen molar-refractivity contribution in [3.05, 3.63) is 46.3 Å². The van der Waals surface area contributed by atoms with E-state index in [-0.39, 0.29) is 16.5 Å². The average molecular weight is 367 g/mol. The van der Waals surface area contributed by atoms with E-state index in [1.54, 1.807) is 13.8 Å². The van der Waals surface area contributed by atoms with Gasteiger partial charge in [-0.3, -0.25) is 15.5 Å². The second-order valence-corrected chi connectivity index (χ2v) is 6.71. The van der Waals surface area contributed by atoms with Crippen molar-refractivity contribution in [3.63, 3.8) is 0 Å². The molecule has 0 fully saturated rings. The summed E-state index contributed by atoms with van der Waals surface area (Å²) in [6.07, 6.45) is 2.48. The molecular weight excluding hydrogens is 350 g/mol. The molecule has 2 aromatic heterocycles. The van der Waals surface area contributed by atoms with Crippen molar-refractivity contribution >= 4 is 27.9 Å². The van der Waals surface area contributed by atoms with E-state index in [2.05, 4.69) is 15.5 Å². The van der Waals surface area contributed by atoms with E-state index in [4.69, 9.17) is 4.42 Å². The van der Waals surface area contributed by atoms with Crippen molar-refractivity contribution in [2.75, 3.05) is 18.5 Å². The van der Waals surface area contributed by atoms with E-state index in [1.807, 2.05) is 0 Å². The molecule has 11 heteroatoms.